The van der Waals surface area contributed by atoms with Crippen LogP contribution in [0.4, 0.5) is 0 Å². The molecule has 1 atom stereocenters. The van der Waals surface area contributed by atoms with Crippen molar-refractivity contribution < 1.29 is 9.53 Å². The first-order valence-corrected chi connectivity index (χ1v) is 8.15. The molecule has 3 rings (SSSR count). The van der Waals surface area contributed by atoms with Crippen molar-refractivity contribution in [2.24, 2.45) is 0 Å². The molecule has 1 N–H and O–H groups in total. The van der Waals surface area contributed by atoms with E-state index in [-0.39, 0.29) is 11.8 Å². The Balaban J connectivity index is 1.61. The van der Waals surface area contributed by atoms with Crippen LogP contribution in [0.3, 0.4) is 0 Å². The van der Waals surface area contributed by atoms with Gasteiger partial charge in [0, 0.05) is 18.9 Å². The zero-order chi connectivity index (χ0) is 17.6. The summed E-state index contributed by atoms with van der Waals surface area (Å²) in [6.45, 7) is 2.03. The van der Waals surface area contributed by atoms with E-state index >= 15 is 0 Å². The number of nitrogens with one attached hydrogen (secondary N) is 1. The monoisotopic (exact) mass is 356 g/mol. The summed E-state index contributed by atoms with van der Waals surface area (Å²) in [6, 6.07) is 13.2. The van der Waals surface area contributed by atoms with Gasteiger partial charge < -0.3 is 10.1 Å². The lowest BCUT2D eigenvalue weighted by Gasteiger charge is -2.13. The summed E-state index contributed by atoms with van der Waals surface area (Å²) in [4.78, 5) is 16.2. The van der Waals surface area contributed by atoms with Crippen molar-refractivity contribution in [2.45, 2.75) is 19.6 Å². The molecule has 128 valence electrons. The first-order valence-electron chi connectivity index (χ1n) is 7.77. The van der Waals surface area contributed by atoms with E-state index in [1.165, 1.54) is 0 Å². The average molecular weight is 357 g/mol. The molecule has 0 spiro atoms. The smallest absolute Gasteiger partial charge is 0.261 e. The molecule has 2 heterocycles. The SMILES string of the molecule is CC(Oc1nn(-c2ccccc2)cc1Cl)C(=O)NCc1cccnc1. The molecule has 1 amide bonds. The number of rotatable bonds is 6. The van der Waals surface area contributed by atoms with E-state index in [0.29, 0.717) is 11.6 Å². The Kier molecular flexibility index (Phi) is 5.30. The standard InChI is InChI=1S/C18H17ClN4O2/c1-13(17(24)21-11-14-6-5-9-20-10-14)25-18-16(19)12-23(22-18)15-7-3-2-4-8-15/h2-10,12-13H,11H2,1H3,(H,21,24). The number of carbonyl (C=O) groups excluding carboxylic acids is 1. The van der Waals surface area contributed by atoms with Crippen molar-refractivity contribution in [2.75, 3.05) is 0 Å². The van der Waals surface area contributed by atoms with Gasteiger partial charge in [-0.3, -0.25) is 9.78 Å². The zero-order valence-corrected chi connectivity index (χ0v) is 14.3. The Hall–Kier alpha value is -2.86. The van der Waals surface area contributed by atoms with Gasteiger partial charge in [-0.25, -0.2) is 4.68 Å². The van der Waals surface area contributed by atoms with Gasteiger partial charge in [0.05, 0.1) is 11.9 Å². The van der Waals surface area contributed by atoms with Gasteiger partial charge in [0.25, 0.3) is 11.8 Å². The number of halogens is 1. The average Bonchev–Trinajstić information content (AvgIpc) is 3.02. The summed E-state index contributed by atoms with van der Waals surface area (Å²) in [5.74, 6) is -0.0382. The summed E-state index contributed by atoms with van der Waals surface area (Å²) < 4.78 is 7.21. The third-order valence-corrected chi connectivity index (χ3v) is 3.77. The first-order chi connectivity index (χ1) is 12.1. The number of pyridine rings is 1. The maximum absolute atomic E-state index is 12.2. The minimum atomic E-state index is -0.728. The van der Waals surface area contributed by atoms with Crippen molar-refractivity contribution in [1.29, 1.82) is 0 Å². The molecule has 7 heteroatoms. The minimum Gasteiger partial charge on any atom is -0.462 e. The van der Waals surface area contributed by atoms with Crippen LogP contribution >= 0.6 is 11.6 Å². The predicted molar refractivity (Wildman–Crippen MR) is 94.7 cm³/mol. The van der Waals surface area contributed by atoms with E-state index in [1.54, 1.807) is 30.2 Å². The molecule has 0 bridgehead atoms. The lowest BCUT2D eigenvalue weighted by atomic mass is 10.3. The summed E-state index contributed by atoms with van der Waals surface area (Å²) in [6.07, 6.45) is 4.30. The second-order valence-corrected chi connectivity index (χ2v) is 5.81. The fourth-order valence-electron chi connectivity index (χ4n) is 2.19. The molecule has 1 aromatic carbocycles. The van der Waals surface area contributed by atoms with E-state index in [4.69, 9.17) is 16.3 Å². The molecule has 0 aliphatic carbocycles. The largest absolute Gasteiger partial charge is 0.462 e. The predicted octanol–water partition coefficient (Wildman–Crippen LogP) is 3.00. The lowest BCUT2D eigenvalue weighted by molar-refractivity contribution is -0.127. The molecule has 1 unspecified atom stereocenters. The Bertz CT molecular complexity index is 837. The molecular weight excluding hydrogens is 340 g/mol. The van der Waals surface area contributed by atoms with Gasteiger partial charge in [-0.05, 0) is 30.7 Å². The second-order valence-electron chi connectivity index (χ2n) is 5.40. The van der Waals surface area contributed by atoms with E-state index in [2.05, 4.69) is 15.4 Å². The van der Waals surface area contributed by atoms with Gasteiger partial charge in [-0.2, -0.15) is 0 Å². The van der Waals surface area contributed by atoms with Crippen LogP contribution < -0.4 is 10.1 Å². The number of hydrogen-bond acceptors (Lipinski definition) is 4. The van der Waals surface area contributed by atoms with Crippen LogP contribution in [0.25, 0.3) is 5.69 Å². The third kappa shape index (κ3) is 4.36. The molecule has 0 aliphatic rings. The van der Waals surface area contributed by atoms with E-state index < -0.39 is 6.10 Å². The number of benzene rings is 1. The number of hydrogen-bond donors (Lipinski definition) is 1. The van der Waals surface area contributed by atoms with E-state index in [1.807, 2.05) is 42.5 Å². The van der Waals surface area contributed by atoms with Gasteiger partial charge in [0.2, 0.25) is 0 Å². The highest BCUT2D eigenvalue weighted by Crippen LogP contribution is 2.24. The molecule has 0 saturated heterocycles. The summed E-state index contributed by atoms with van der Waals surface area (Å²) in [5.41, 5.74) is 1.77. The fraction of sp³-hybridized carbons (Fsp3) is 0.167. The number of ether oxygens (including phenoxy) is 1. The summed E-state index contributed by atoms with van der Waals surface area (Å²) >= 11 is 6.17. The van der Waals surface area contributed by atoms with Crippen molar-refractivity contribution in [3.05, 3.63) is 71.6 Å². The Labute approximate surface area is 150 Å². The van der Waals surface area contributed by atoms with Crippen molar-refractivity contribution in [1.82, 2.24) is 20.1 Å². The Morgan fingerprint density at radius 2 is 2.08 bits per heavy atom. The minimum absolute atomic E-state index is 0.217. The van der Waals surface area contributed by atoms with Crippen LogP contribution in [0.2, 0.25) is 5.02 Å². The molecule has 0 aliphatic heterocycles. The normalized spacial score (nSPS) is 11.8. The molecule has 6 nitrogen and oxygen atoms in total. The maximum Gasteiger partial charge on any atom is 0.261 e. The lowest BCUT2D eigenvalue weighted by Crippen LogP contribution is -2.36. The van der Waals surface area contributed by atoms with Gasteiger partial charge in [0.1, 0.15) is 5.02 Å². The highest BCUT2D eigenvalue weighted by atomic mass is 35.5. The third-order valence-electron chi connectivity index (χ3n) is 3.51. The zero-order valence-electron chi connectivity index (χ0n) is 13.6. The number of aromatic nitrogens is 3. The fourth-order valence-corrected chi connectivity index (χ4v) is 2.36. The highest BCUT2D eigenvalue weighted by Gasteiger charge is 2.18. The van der Waals surface area contributed by atoms with Crippen molar-refractivity contribution >= 4 is 17.5 Å². The van der Waals surface area contributed by atoms with Crippen LogP contribution in [0.15, 0.2) is 61.1 Å². The summed E-state index contributed by atoms with van der Waals surface area (Å²) in [7, 11) is 0. The molecule has 0 radical (unpaired) electrons. The van der Waals surface area contributed by atoms with Crippen LogP contribution in [0.1, 0.15) is 12.5 Å². The number of nitrogens with zero attached hydrogens (tertiary/aromatic N) is 3. The van der Waals surface area contributed by atoms with Crippen molar-refractivity contribution in [3.63, 3.8) is 0 Å². The first kappa shape index (κ1) is 17.0. The van der Waals surface area contributed by atoms with Gasteiger partial charge in [-0.15, -0.1) is 5.10 Å². The van der Waals surface area contributed by atoms with Crippen molar-refractivity contribution in [3.8, 4) is 11.6 Å². The number of para-hydroxylation sites is 1. The van der Waals surface area contributed by atoms with Crippen LogP contribution in [0, 0.1) is 0 Å². The quantitative estimate of drug-likeness (QED) is 0.737. The molecule has 25 heavy (non-hydrogen) atoms. The Morgan fingerprint density at radius 3 is 2.80 bits per heavy atom. The van der Waals surface area contributed by atoms with E-state index in [0.717, 1.165) is 11.3 Å². The number of amides is 1. The van der Waals surface area contributed by atoms with Crippen LogP contribution in [0.5, 0.6) is 5.88 Å². The molecular formula is C18H17ClN4O2. The maximum atomic E-state index is 12.2. The molecule has 2 aromatic heterocycles. The topological polar surface area (TPSA) is 69.0 Å². The molecule has 0 fully saturated rings. The number of carbonyl (C=O) groups is 1. The molecule has 0 saturated carbocycles. The molecule has 3 aromatic rings. The highest BCUT2D eigenvalue weighted by molar-refractivity contribution is 6.31. The van der Waals surface area contributed by atoms with Gasteiger partial charge in [-0.1, -0.05) is 35.9 Å². The van der Waals surface area contributed by atoms with E-state index in [9.17, 15) is 4.79 Å². The van der Waals surface area contributed by atoms with Gasteiger partial charge >= 0.3 is 0 Å². The Morgan fingerprint density at radius 1 is 1.28 bits per heavy atom. The van der Waals surface area contributed by atoms with Crippen LogP contribution in [-0.2, 0) is 11.3 Å². The van der Waals surface area contributed by atoms with Crippen LogP contribution in [-0.4, -0.2) is 26.8 Å². The van der Waals surface area contributed by atoms with Gasteiger partial charge in [0.15, 0.2) is 6.10 Å². The second kappa shape index (κ2) is 7.81. The summed E-state index contributed by atoms with van der Waals surface area (Å²) in [5, 5.41) is 7.43.